The first-order chi connectivity index (χ1) is 9.52. The van der Waals surface area contributed by atoms with Gasteiger partial charge in [0.05, 0.1) is 18.3 Å². The number of hydrogen-bond donors (Lipinski definition) is 0. The number of ether oxygens (including phenoxy) is 1. The summed E-state index contributed by atoms with van der Waals surface area (Å²) in [6, 6.07) is 8.09. The first-order valence-corrected chi connectivity index (χ1v) is 7.48. The van der Waals surface area contributed by atoms with Gasteiger partial charge in [0.2, 0.25) is 5.91 Å². The zero-order valence-electron chi connectivity index (χ0n) is 12.0. The zero-order valence-corrected chi connectivity index (χ0v) is 12.8. The Morgan fingerprint density at radius 2 is 2.15 bits per heavy atom. The van der Waals surface area contributed by atoms with Crippen molar-refractivity contribution in [3.63, 3.8) is 0 Å². The maximum Gasteiger partial charge on any atom is 0.310 e. The van der Waals surface area contributed by atoms with Crippen LogP contribution in [0.2, 0.25) is 0 Å². The van der Waals surface area contributed by atoms with E-state index < -0.39 is 0 Å². The minimum Gasteiger partial charge on any atom is -0.469 e. The molecule has 0 N–H and O–H groups in total. The fourth-order valence-electron chi connectivity index (χ4n) is 2.34. The number of amides is 1. The predicted molar refractivity (Wildman–Crippen MR) is 78.6 cm³/mol. The molecule has 1 aromatic rings. The normalized spacial score (nSPS) is 18.2. The maximum absolute atomic E-state index is 12.4. The highest BCUT2D eigenvalue weighted by atomic mass is 32.2. The molecular weight excluding hydrogens is 274 g/mol. The van der Waals surface area contributed by atoms with Crippen LogP contribution in [0.4, 0.5) is 0 Å². The average Bonchev–Trinajstić information content (AvgIpc) is 2.89. The average molecular weight is 293 g/mol. The van der Waals surface area contributed by atoms with Crippen molar-refractivity contribution in [1.82, 2.24) is 4.90 Å². The highest BCUT2D eigenvalue weighted by molar-refractivity contribution is 8.01. The standard InChI is InChI=1S/C15H19NO3S/c1-10(15(18)19-3)9-16(2)14(17)13-8-11-6-4-5-7-12(11)20-13/h4-7,10,13H,8-9H2,1-3H3/t10-,13+/m1/s1. The fraction of sp³-hybridized carbons (Fsp3) is 0.467. The molecule has 0 fully saturated rings. The van der Waals surface area contributed by atoms with Gasteiger partial charge in [0.1, 0.15) is 0 Å². The molecule has 20 heavy (non-hydrogen) atoms. The van der Waals surface area contributed by atoms with Gasteiger partial charge < -0.3 is 9.64 Å². The van der Waals surface area contributed by atoms with Crippen molar-refractivity contribution in [2.75, 3.05) is 20.7 Å². The maximum atomic E-state index is 12.4. The second-order valence-electron chi connectivity index (χ2n) is 5.06. The third-order valence-electron chi connectivity index (χ3n) is 3.45. The number of carbonyl (C=O) groups is 2. The number of nitrogens with zero attached hydrogens (tertiary/aromatic N) is 1. The SMILES string of the molecule is COC(=O)[C@H](C)CN(C)C(=O)[C@@H]1Cc2ccccc2S1. The lowest BCUT2D eigenvalue weighted by Gasteiger charge is -2.22. The van der Waals surface area contributed by atoms with E-state index in [4.69, 9.17) is 0 Å². The van der Waals surface area contributed by atoms with E-state index in [1.54, 1.807) is 30.6 Å². The molecule has 2 rings (SSSR count). The lowest BCUT2D eigenvalue weighted by molar-refractivity contribution is -0.146. The van der Waals surface area contributed by atoms with E-state index in [0.717, 1.165) is 6.42 Å². The monoisotopic (exact) mass is 293 g/mol. The molecule has 0 aromatic heterocycles. The molecule has 0 unspecified atom stereocenters. The van der Waals surface area contributed by atoms with Gasteiger partial charge in [0, 0.05) is 18.5 Å². The summed E-state index contributed by atoms with van der Waals surface area (Å²) >= 11 is 1.61. The number of fused-ring (bicyclic) bond motifs is 1. The number of rotatable bonds is 4. The predicted octanol–water partition coefficient (Wildman–Crippen LogP) is 1.97. The third kappa shape index (κ3) is 3.15. The minimum atomic E-state index is -0.303. The van der Waals surface area contributed by atoms with Crippen molar-refractivity contribution in [3.8, 4) is 0 Å². The first kappa shape index (κ1) is 14.9. The van der Waals surface area contributed by atoms with Crippen molar-refractivity contribution in [2.24, 2.45) is 5.92 Å². The van der Waals surface area contributed by atoms with Crippen molar-refractivity contribution in [3.05, 3.63) is 29.8 Å². The zero-order chi connectivity index (χ0) is 14.7. The molecule has 1 amide bonds. The van der Waals surface area contributed by atoms with Crippen LogP contribution in [0.1, 0.15) is 12.5 Å². The second-order valence-corrected chi connectivity index (χ2v) is 6.31. The minimum absolute atomic E-state index is 0.0713. The van der Waals surface area contributed by atoms with Gasteiger partial charge in [0.25, 0.3) is 0 Å². The van der Waals surface area contributed by atoms with Crippen LogP contribution in [0, 0.1) is 5.92 Å². The van der Waals surface area contributed by atoms with Gasteiger partial charge in [-0.25, -0.2) is 0 Å². The Labute approximate surface area is 123 Å². The molecule has 1 aliphatic heterocycles. The van der Waals surface area contributed by atoms with Gasteiger partial charge >= 0.3 is 5.97 Å². The molecule has 0 radical (unpaired) electrons. The smallest absolute Gasteiger partial charge is 0.310 e. The Balaban J connectivity index is 1.94. The Bertz CT molecular complexity index is 493. The van der Waals surface area contributed by atoms with Crippen LogP contribution in [0.25, 0.3) is 0 Å². The van der Waals surface area contributed by atoms with Crippen LogP contribution >= 0.6 is 11.8 Å². The number of methoxy groups -OCH3 is 1. The molecule has 0 saturated carbocycles. The van der Waals surface area contributed by atoms with Crippen LogP contribution in [0.5, 0.6) is 0 Å². The molecular formula is C15H19NO3S. The largest absolute Gasteiger partial charge is 0.469 e. The van der Waals surface area contributed by atoms with E-state index in [1.165, 1.54) is 17.6 Å². The van der Waals surface area contributed by atoms with Crippen LogP contribution < -0.4 is 0 Å². The third-order valence-corrected chi connectivity index (χ3v) is 4.76. The Kier molecular flexibility index (Phi) is 4.70. The lowest BCUT2D eigenvalue weighted by Crippen LogP contribution is -2.39. The summed E-state index contributed by atoms with van der Waals surface area (Å²) in [5, 5.41) is -0.0813. The molecule has 108 valence electrons. The number of benzene rings is 1. The van der Waals surface area contributed by atoms with E-state index >= 15 is 0 Å². The van der Waals surface area contributed by atoms with Crippen LogP contribution in [0.3, 0.4) is 0 Å². The van der Waals surface area contributed by atoms with Gasteiger partial charge in [0.15, 0.2) is 0 Å². The van der Waals surface area contributed by atoms with E-state index in [1.807, 2.05) is 18.2 Å². The highest BCUT2D eigenvalue weighted by Gasteiger charge is 2.31. The summed E-state index contributed by atoms with van der Waals surface area (Å²) in [4.78, 5) is 26.6. The van der Waals surface area contributed by atoms with E-state index in [-0.39, 0.29) is 23.0 Å². The Morgan fingerprint density at radius 1 is 1.45 bits per heavy atom. The summed E-state index contributed by atoms with van der Waals surface area (Å²) in [5.41, 5.74) is 1.23. The van der Waals surface area contributed by atoms with Gasteiger partial charge in [-0.2, -0.15) is 0 Å². The van der Waals surface area contributed by atoms with Crippen molar-refractivity contribution < 1.29 is 14.3 Å². The van der Waals surface area contributed by atoms with Crippen molar-refractivity contribution >= 4 is 23.6 Å². The van der Waals surface area contributed by atoms with Gasteiger partial charge in [-0.3, -0.25) is 9.59 Å². The molecule has 4 nitrogen and oxygen atoms in total. The van der Waals surface area contributed by atoms with E-state index in [0.29, 0.717) is 6.54 Å². The molecule has 0 spiro atoms. The second kappa shape index (κ2) is 6.31. The number of hydrogen-bond acceptors (Lipinski definition) is 4. The Hall–Kier alpha value is -1.49. The van der Waals surface area contributed by atoms with Crippen molar-refractivity contribution in [1.29, 1.82) is 0 Å². The number of esters is 1. The molecule has 0 bridgehead atoms. The summed E-state index contributed by atoms with van der Waals surface area (Å²) in [6.07, 6.45) is 0.761. The molecule has 1 heterocycles. The van der Waals surface area contributed by atoms with Gasteiger partial charge in [-0.05, 0) is 18.1 Å². The Morgan fingerprint density at radius 3 is 2.80 bits per heavy atom. The van der Waals surface area contributed by atoms with E-state index in [9.17, 15) is 9.59 Å². The fourth-order valence-corrected chi connectivity index (χ4v) is 3.65. The quantitative estimate of drug-likeness (QED) is 0.796. The van der Waals surface area contributed by atoms with Crippen molar-refractivity contribution in [2.45, 2.75) is 23.5 Å². The lowest BCUT2D eigenvalue weighted by atomic mass is 10.1. The van der Waals surface area contributed by atoms with Gasteiger partial charge in [-0.1, -0.05) is 25.1 Å². The molecule has 5 heteroatoms. The highest BCUT2D eigenvalue weighted by Crippen LogP contribution is 2.37. The van der Waals surface area contributed by atoms with E-state index in [2.05, 4.69) is 10.8 Å². The summed E-state index contributed by atoms with van der Waals surface area (Å²) < 4.78 is 4.69. The molecule has 0 saturated heterocycles. The van der Waals surface area contributed by atoms with Crippen LogP contribution in [-0.2, 0) is 20.7 Å². The van der Waals surface area contributed by atoms with Crippen LogP contribution in [-0.4, -0.2) is 42.7 Å². The molecule has 1 aromatic carbocycles. The molecule has 1 aliphatic rings. The number of thioether (sulfide) groups is 1. The summed E-state index contributed by atoms with van der Waals surface area (Å²) in [7, 11) is 3.11. The molecule has 0 aliphatic carbocycles. The molecule has 2 atom stereocenters. The number of carbonyl (C=O) groups excluding carboxylic acids is 2. The summed E-state index contributed by atoms with van der Waals surface area (Å²) in [5.74, 6) is -0.517. The van der Waals surface area contributed by atoms with Gasteiger partial charge in [-0.15, -0.1) is 11.8 Å². The summed E-state index contributed by atoms with van der Waals surface area (Å²) in [6.45, 7) is 2.16. The topological polar surface area (TPSA) is 46.6 Å². The van der Waals surface area contributed by atoms with Crippen LogP contribution in [0.15, 0.2) is 29.2 Å². The first-order valence-electron chi connectivity index (χ1n) is 6.60.